The Balaban J connectivity index is 1.50. The Morgan fingerprint density at radius 3 is 2.79 bits per heavy atom. The van der Waals surface area contributed by atoms with E-state index in [2.05, 4.69) is 10.2 Å². The van der Waals surface area contributed by atoms with Crippen LogP contribution in [-0.2, 0) is 11.3 Å². The highest BCUT2D eigenvalue weighted by atomic mass is 16.3. The van der Waals surface area contributed by atoms with E-state index in [0.717, 1.165) is 18.6 Å². The molecule has 2 atom stereocenters. The van der Waals surface area contributed by atoms with Crippen LogP contribution < -0.4 is 11.1 Å². The molecule has 2 aliphatic heterocycles. The highest BCUT2D eigenvalue weighted by molar-refractivity contribution is 5.78. The molecule has 0 saturated carbocycles. The van der Waals surface area contributed by atoms with E-state index in [0.29, 0.717) is 31.2 Å². The van der Waals surface area contributed by atoms with Crippen molar-refractivity contribution in [3.8, 4) is 0 Å². The number of nitrogens with two attached hydrogens (primary N) is 1. The Bertz CT molecular complexity index is 418. The van der Waals surface area contributed by atoms with E-state index in [4.69, 9.17) is 10.2 Å². The van der Waals surface area contributed by atoms with Crippen LogP contribution in [-0.4, -0.2) is 35.5 Å². The average molecular weight is 263 g/mol. The van der Waals surface area contributed by atoms with Crippen molar-refractivity contribution in [3.63, 3.8) is 0 Å². The lowest BCUT2D eigenvalue weighted by Gasteiger charge is -2.37. The van der Waals surface area contributed by atoms with Gasteiger partial charge in [-0.1, -0.05) is 0 Å². The average Bonchev–Trinajstić information content (AvgIpc) is 2.96. The number of nitrogens with one attached hydrogen (secondary N) is 1. The number of furan rings is 1. The molecule has 2 bridgehead atoms. The van der Waals surface area contributed by atoms with Crippen molar-refractivity contribution in [2.75, 3.05) is 6.54 Å². The maximum atomic E-state index is 12.0. The van der Waals surface area contributed by atoms with Gasteiger partial charge in [0.1, 0.15) is 5.76 Å². The van der Waals surface area contributed by atoms with Crippen molar-refractivity contribution in [3.05, 3.63) is 24.2 Å². The normalized spacial score (nSPS) is 30.5. The summed E-state index contributed by atoms with van der Waals surface area (Å²) in [5, 5.41) is 2.91. The van der Waals surface area contributed by atoms with E-state index in [1.54, 1.807) is 6.26 Å². The number of hydrogen-bond acceptors (Lipinski definition) is 4. The minimum atomic E-state index is 0.0729. The van der Waals surface area contributed by atoms with E-state index in [9.17, 15) is 4.79 Å². The lowest BCUT2D eigenvalue weighted by atomic mass is 9.98. The molecule has 5 nitrogen and oxygen atoms in total. The molecule has 0 aliphatic carbocycles. The molecule has 3 heterocycles. The second-order valence-electron chi connectivity index (χ2n) is 5.64. The lowest BCUT2D eigenvalue weighted by molar-refractivity contribution is -0.123. The van der Waals surface area contributed by atoms with Crippen molar-refractivity contribution in [2.24, 2.45) is 5.73 Å². The maximum absolute atomic E-state index is 12.0. The van der Waals surface area contributed by atoms with Crippen LogP contribution in [0.2, 0.25) is 0 Å². The molecule has 1 aromatic rings. The van der Waals surface area contributed by atoms with Gasteiger partial charge in [0.2, 0.25) is 5.91 Å². The molecule has 3 N–H and O–H groups in total. The molecule has 2 aliphatic rings. The Kier molecular flexibility index (Phi) is 3.57. The standard InChI is InChI=1S/C14H21N3O2/c15-10-6-11-3-4-12(7-10)17(11)9-14(18)16-8-13-2-1-5-19-13/h1-2,5,10-12H,3-4,6-9,15H2,(H,16,18). The monoisotopic (exact) mass is 263 g/mol. The third kappa shape index (κ3) is 2.82. The van der Waals surface area contributed by atoms with Gasteiger partial charge in [0.25, 0.3) is 0 Å². The number of rotatable bonds is 4. The first kappa shape index (κ1) is 12.7. The summed E-state index contributed by atoms with van der Waals surface area (Å²) >= 11 is 0. The molecule has 0 radical (unpaired) electrons. The van der Waals surface area contributed by atoms with Gasteiger partial charge in [-0.05, 0) is 37.8 Å². The molecular formula is C14H21N3O2. The van der Waals surface area contributed by atoms with Crippen LogP contribution in [0.4, 0.5) is 0 Å². The van der Waals surface area contributed by atoms with Gasteiger partial charge in [0.05, 0.1) is 19.4 Å². The fourth-order valence-corrected chi connectivity index (χ4v) is 3.40. The molecule has 2 fully saturated rings. The van der Waals surface area contributed by atoms with Gasteiger partial charge in [-0.3, -0.25) is 9.69 Å². The number of piperidine rings is 1. The summed E-state index contributed by atoms with van der Waals surface area (Å²) in [5.74, 6) is 0.862. The van der Waals surface area contributed by atoms with Crippen molar-refractivity contribution in [1.29, 1.82) is 0 Å². The number of hydrogen-bond donors (Lipinski definition) is 2. The van der Waals surface area contributed by atoms with Gasteiger partial charge in [0.15, 0.2) is 0 Å². The van der Waals surface area contributed by atoms with E-state index >= 15 is 0 Å². The summed E-state index contributed by atoms with van der Waals surface area (Å²) in [7, 11) is 0. The summed E-state index contributed by atoms with van der Waals surface area (Å²) in [6, 6.07) is 5.02. The van der Waals surface area contributed by atoms with Crippen LogP contribution in [0.15, 0.2) is 22.8 Å². The Hall–Kier alpha value is -1.33. The predicted molar refractivity (Wildman–Crippen MR) is 71.3 cm³/mol. The van der Waals surface area contributed by atoms with Crippen molar-refractivity contribution in [1.82, 2.24) is 10.2 Å². The molecular weight excluding hydrogens is 242 g/mol. The molecule has 2 saturated heterocycles. The minimum Gasteiger partial charge on any atom is -0.467 e. The van der Waals surface area contributed by atoms with Gasteiger partial charge in [0, 0.05) is 18.1 Å². The largest absolute Gasteiger partial charge is 0.467 e. The number of fused-ring (bicyclic) bond motifs is 2. The molecule has 3 rings (SSSR count). The number of carbonyl (C=O) groups excluding carboxylic acids is 1. The molecule has 1 aromatic heterocycles. The maximum Gasteiger partial charge on any atom is 0.234 e. The van der Waals surface area contributed by atoms with Gasteiger partial charge in [-0.2, -0.15) is 0 Å². The molecule has 0 spiro atoms. The summed E-state index contributed by atoms with van der Waals surface area (Å²) in [6.07, 6.45) is 6.05. The molecule has 19 heavy (non-hydrogen) atoms. The highest BCUT2D eigenvalue weighted by Crippen LogP contribution is 2.34. The molecule has 2 unspecified atom stereocenters. The van der Waals surface area contributed by atoms with Gasteiger partial charge >= 0.3 is 0 Å². The molecule has 5 heteroatoms. The van der Waals surface area contributed by atoms with Crippen LogP contribution >= 0.6 is 0 Å². The van der Waals surface area contributed by atoms with Crippen molar-refractivity contribution >= 4 is 5.91 Å². The number of amides is 1. The highest BCUT2D eigenvalue weighted by Gasteiger charge is 2.40. The summed E-state index contributed by atoms with van der Waals surface area (Å²) < 4.78 is 5.20. The smallest absolute Gasteiger partial charge is 0.234 e. The van der Waals surface area contributed by atoms with E-state index < -0.39 is 0 Å². The molecule has 104 valence electrons. The third-order valence-corrected chi connectivity index (χ3v) is 4.29. The van der Waals surface area contributed by atoms with Gasteiger partial charge in [-0.15, -0.1) is 0 Å². The van der Waals surface area contributed by atoms with Crippen LogP contribution in [0, 0.1) is 0 Å². The quantitative estimate of drug-likeness (QED) is 0.845. The van der Waals surface area contributed by atoms with E-state index in [1.807, 2.05) is 12.1 Å². The second-order valence-corrected chi connectivity index (χ2v) is 5.64. The Morgan fingerprint density at radius 1 is 1.42 bits per heavy atom. The Labute approximate surface area is 113 Å². The first-order valence-corrected chi connectivity index (χ1v) is 7.03. The summed E-state index contributed by atoms with van der Waals surface area (Å²) in [6.45, 7) is 0.956. The zero-order valence-corrected chi connectivity index (χ0v) is 11.0. The van der Waals surface area contributed by atoms with Crippen LogP contribution in [0.3, 0.4) is 0 Å². The van der Waals surface area contributed by atoms with E-state index in [-0.39, 0.29) is 5.91 Å². The first-order valence-electron chi connectivity index (χ1n) is 7.03. The molecule has 0 aromatic carbocycles. The summed E-state index contributed by atoms with van der Waals surface area (Å²) in [4.78, 5) is 14.3. The van der Waals surface area contributed by atoms with Crippen LogP contribution in [0.1, 0.15) is 31.4 Å². The third-order valence-electron chi connectivity index (χ3n) is 4.29. The zero-order valence-electron chi connectivity index (χ0n) is 11.0. The predicted octanol–water partition coefficient (Wildman–Crippen LogP) is 0.850. The fraction of sp³-hybridized carbons (Fsp3) is 0.643. The second kappa shape index (κ2) is 5.35. The lowest BCUT2D eigenvalue weighted by Crippen LogP contribution is -2.50. The Morgan fingerprint density at radius 2 is 2.16 bits per heavy atom. The van der Waals surface area contributed by atoms with Crippen molar-refractivity contribution in [2.45, 2.75) is 50.4 Å². The minimum absolute atomic E-state index is 0.0729. The SMILES string of the molecule is NC1CC2CCC(C1)N2CC(=O)NCc1ccco1. The van der Waals surface area contributed by atoms with Gasteiger partial charge < -0.3 is 15.5 Å². The van der Waals surface area contributed by atoms with Crippen molar-refractivity contribution < 1.29 is 9.21 Å². The fourth-order valence-electron chi connectivity index (χ4n) is 3.40. The summed E-state index contributed by atoms with van der Waals surface area (Å²) in [5.41, 5.74) is 6.03. The topological polar surface area (TPSA) is 71.5 Å². The first-order chi connectivity index (χ1) is 9.22. The van der Waals surface area contributed by atoms with E-state index in [1.165, 1.54) is 12.8 Å². The van der Waals surface area contributed by atoms with Crippen LogP contribution in [0.25, 0.3) is 0 Å². The van der Waals surface area contributed by atoms with Crippen LogP contribution in [0.5, 0.6) is 0 Å². The number of nitrogens with zero attached hydrogens (tertiary/aromatic N) is 1. The molecule has 1 amide bonds. The van der Waals surface area contributed by atoms with Gasteiger partial charge in [-0.25, -0.2) is 0 Å². The number of carbonyl (C=O) groups is 1. The zero-order chi connectivity index (χ0) is 13.2.